The van der Waals surface area contributed by atoms with Crippen molar-refractivity contribution in [1.29, 1.82) is 0 Å². The number of benzene rings is 1. The predicted octanol–water partition coefficient (Wildman–Crippen LogP) is 3.06. The standard InChI is InChI=1S/C21H28N2O3/c1-24-18-5-6-21-17(13-18)11-16(14-22-21)12-19-3-4-20(26-19)15-23-7-2-9-25-10-8-23/h5-6,11,13-14,19-20H,2-4,7-10,12,15H2,1H3/t19-,20+/m0/s1. The number of fused-ring (bicyclic) bond motifs is 1. The van der Waals surface area contributed by atoms with Crippen LogP contribution < -0.4 is 4.74 Å². The van der Waals surface area contributed by atoms with Gasteiger partial charge in [0.05, 0.1) is 31.4 Å². The fraction of sp³-hybridized carbons (Fsp3) is 0.571. The van der Waals surface area contributed by atoms with Gasteiger partial charge in [-0.15, -0.1) is 0 Å². The predicted molar refractivity (Wildman–Crippen MR) is 102 cm³/mol. The molecule has 3 heterocycles. The van der Waals surface area contributed by atoms with E-state index in [4.69, 9.17) is 14.2 Å². The van der Waals surface area contributed by atoms with Gasteiger partial charge in [0.1, 0.15) is 5.75 Å². The van der Waals surface area contributed by atoms with Gasteiger partial charge < -0.3 is 14.2 Å². The summed E-state index contributed by atoms with van der Waals surface area (Å²) in [6.45, 7) is 4.93. The highest BCUT2D eigenvalue weighted by molar-refractivity contribution is 5.80. The van der Waals surface area contributed by atoms with Crippen molar-refractivity contribution >= 4 is 10.9 Å². The summed E-state index contributed by atoms with van der Waals surface area (Å²) in [5.41, 5.74) is 2.24. The van der Waals surface area contributed by atoms with Crippen LogP contribution in [0, 0.1) is 0 Å². The van der Waals surface area contributed by atoms with Gasteiger partial charge in [-0.3, -0.25) is 9.88 Å². The van der Waals surface area contributed by atoms with E-state index in [-0.39, 0.29) is 0 Å². The van der Waals surface area contributed by atoms with Gasteiger partial charge in [0.25, 0.3) is 0 Å². The van der Waals surface area contributed by atoms with Crippen molar-refractivity contribution in [3.05, 3.63) is 36.0 Å². The van der Waals surface area contributed by atoms with Crippen LogP contribution in [0.4, 0.5) is 0 Å². The maximum absolute atomic E-state index is 6.33. The van der Waals surface area contributed by atoms with Crippen molar-refractivity contribution in [2.75, 3.05) is 40.0 Å². The molecule has 0 N–H and O–H groups in total. The van der Waals surface area contributed by atoms with Gasteiger partial charge in [-0.2, -0.15) is 0 Å². The number of nitrogens with zero attached hydrogens (tertiary/aromatic N) is 2. The third kappa shape index (κ3) is 4.34. The topological polar surface area (TPSA) is 43.8 Å². The number of hydrogen-bond donors (Lipinski definition) is 0. The van der Waals surface area contributed by atoms with Crippen LogP contribution in [0.3, 0.4) is 0 Å². The van der Waals surface area contributed by atoms with Gasteiger partial charge in [-0.1, -0.05) is 0 Å². The molecule has 5 heteroatoms. The van der Waals surface area contributed by atoms with Crippen LogP contribution in [-0.4, -0.2) is 62.0 Å². The molecule has 2 saturated heterocycles. The first kappa shape index (κ1) is 17.7. The maximum atomic E-state index is 6.33. The Morgan fingerprint density at radius 2 is 2.08 bits per heavy atom. The largest absolute Gasteiger partial charge is 0.497 e. The van der Waals surface area contributed by atoms with E-state index in [9.17, 15) is 0 Å². The van der Waals surface area contributed by atoms with E-state index in [0.29, 0.717) is 12.2 Å². The lowest BCUT2D eigenvalue weighted by atomic mass is 10.0. The fourth-order valence-corrected chi connectivity index (χ4v) is 3.99. The van der Waals surface area contributed by atoms with E-state index in [2.05, 4.69) is 16.0 Å². The summed E-state index contributed by atoms with van der Waals surface area (Å²) >= 11 is 0. The lowest BCUT2D eigenvalue weighted by Gasteiger charge is -2.23. The first-order valence-corrected chi connectivity index (χ1v) is 9.68. The maximum Gasteiger partial charge on any atom is 0.119 e. The Morgan fingerprint density at radius 1 is 1.15 bits per heavy atom. The van der Waals surface area contributed by atoms with E-state index >= 15 is 0 Å². The van der Waals surface area contributed by atoms with Crippen molar-refractivity contribution in [3.63, 3.8) is 0 Å². The molecular formula is C21H28N2O3. The summed E-state index contributed by atoms with van der Waals surface area (Å²) in [7, 11) is 1.70. The molecule has 0 unspecified atom stereocenters. The molecule has 1 aromatic heterocycles. The molecule has 26 heavy (non-hydrogen) atoms. The molecule has 2 aliphatic rings. The van der Waals surface area contributed by atoms with Crippen LogP contribution >= 0.6 is 0 Å². The second kappa shape index (κ2) is 8.33. The second-order valence-corrected chi connectivity index (χ2v) is 7.33. The van der Waals surface area contributed by atoms with Crippen molar-refractivity contribution in [2.24, 2.45) is 0 Å². The van der Waals surface area contributed by atoms with Gasteiger partial charge in [-0.05, 0) is 49.1 Å². The second-order valence-electron chi connectivity index (χ2n) is 7.33. The molecule has 0 radical (unpaired) electrons. The molecule has 2 aromatic rings. The average molecular weight is 356 g/mol. The molecule has 4 rings (SSSR count). The Balaban J connectivity index is 1.35. The number of hydrogen-bond acceptors (Lipinski definition) is 5. The quantitative estimate of drug-likeness (QED) is 0.824. The first-order valence-electron chi connectivity index (χ1n) is 9.68. The number of aromatic nitrogens is 1. The molecule has 0 amide bonds. The van der Waals surface area contributed by atoms with Gasteiger partial charge in [0.15, 0.2) is 0 Å². The third-order valence-electron chi connectivity index (χ3n) is 5.38. The highest BCUT2D eigenvalue weighted by atomic mass is 16.5. The van der Waals surface area contributed by atoms with Crippen LogP contribution in [0.1, 0.15) is 24.8 Å². The van der Waals surface area contributed by atoms with Crippen molar-refractivity contribution in [1.82, 2.24) is 9.88 Å². The smallest absolute Gasteiger partial charge is 0.119 e. The molecule has 0 bridgehead atoms. The van der Waals surface area contributed by atoms with Gasteiger partial charge in [0, 0.05) is 44.2 Å². The zero-order valence-electron chi connectivity index (χ0n) is 15.5. The number of pyridine rings is 1. The molecule has 1 aromatic carbocycles. The van der Waals surface area contributed by atoms with Crippen LogP contribution in [0.5, 0.6) is 5.75 Å². The normalized spacial score (nSPS) is 24.7. The Bertz CT molecular complexity index is 728. The van der Waals surface area contributed by atoms with E-state index < -0.39 is 0 Å². The summed E-state index contributed by atoms with van der Waals surface area (Å²) in [5, 5.41) is 1.13. The van der Waals surface area contributed by atoms with E-state index in [0.717, 1.165) is 75.2 Å². The van der Waals surface area contributed by atoms with Gasteiger partial charge in [-0.25, -0.2) is 0 Å². The summed E-state index contributed by atoms with van der Waals surface area (Å²) in [5.74, 6) is 0.870. The lowest BCUT2D eigenvalue weighted by Crippen LogP contribution is -2.34. The summed E-state index contributed by atoms with van der Waals surface area (Å²) in [6.07, 6.45) is 6.97. The molecular weight excluding hydrogens is 328 g/mol. The zero-order chi connectivity index (χ0) is 17.8. The molecule has 0 spiro atoms. The van der Waals surface area contributed by atoms with Crippen molar-refractivity contribution in [3.8, 4) is 5.75 Å². The van der Waals surface area contributed by atoms with Crippen LogP contribution in [0.15, 0.2) is 30.5 Å². The minimum atomic E-state index is 0.299. The Kier molecular flexibility index (Phi) is 5.68. The van der Waals surface area contributed by atoms with Crippen LogP contribution in [0.2, 0.25) is 0 Å². The summed E-state index contributed by atoms with van der Waals surface area (Å²) in [6, 6.07) is 8.22. The molecule has 2 fully saturated rings. The number of methoxy groups -OCH3 is 1. The lowest BCUT2D eigenvalue weighted by molar-refractivity contribution is 0.0228. The highest BCUT2D eigenvalue weighted by Gasteiger charge is 2.27. The van der Waals surface area contributed by atoms with E-state index in [1.807, 2.05) is 24.4 Å². The van der Waals surface area contributed by atoms with Crippen molar-refractivity contribution in [2.45, 2.75) is 37.9 Å². The molecule has 2 aliphatic heterocycles. The summed E-state index contributed by atoms with van der Waals surface area (Å²) in [4.78, 5) is 7.08. The average Bonchev–Trinajstić information content (AvgIpc) is 2.93. The molecule has 140 valence electrons. The molecule has 0 saturated carbocycles. The SMILES string of the molecule is COc1ccc2ncc(C[C@@H]3CC[C@H](CN4CCCOCC4)O3)cc2c1. The number of ether oxygens (including phenoxy) is 3. The molecule has 2 atom stereocenters. The van der Waals surface area contributed by atoms with Crippen LogP contribution in [0.25, 0.3) is 10.9 Å². The number of rotatable bonds is 5. The van der Waals surface area contributed by atoms with Gasteiger partial charge in [0.2, 0.25) is 0 Å². The zero-order valence-corrected chi connectivity index (χ0v) is 15.5. The Labute approximate surface area is 155 Å². The Morgan fingerprint density at radius 3 is 3.00 bits per heavy atom. The van der Waals surface area contributed by atoms with E-state index in [1.54, 1.807) is 7.11 Å². The van der Waals surface area contributed by atoms with Crippen molar-refractivity contribution < 1.29 is 14.2 Å². The monoisotopic (exact) mass is 356 g/mol. The first-order chi connectivity index (χ1) is 12.8. The highest BCUT2D eigenvalue weighted by Crippen LogP contribution is 2.26. The van der Waals surface area contributed by atoms with E-state index in [1.165, 1.54) is 5.56 Å². The minimum Gasteiger partial charge on any atom is -0.497 e. The fourth-order valence-electron chi connectivity index (χ4n) is 3.99. The summed E-state index contributed by atoms with van der Waals surface area (Å²) < 4.78 is 17.2. The molecule has 0 aliphatic carbocycles. The van der Waals surface area contributed by atoms with Crippen LogP contribution in [-0.2, 0) is 15.9 Å². The minimum absolute atomic E-state index is 0.299. The van der Waals surface area contributed by atoms with Gasteiger partial charge >= 0.3 is 0 Å². The third-order valence-corrected chi connectivity index (χ3v) is 5.38. The Hall–Kier alpha value is -1.69. The molecule has 5 nitrogen and oxygen atoms in total.